The summed E-state index contributed by atoms with van der Waals surface area (Å²) in [6.45, 7) is 0. The molecule has 2 heterocycles. The van der Waals surface area contributed by atoms with Gasteiger partial charge in [-0.15, -0.1) is 0 Å². The van der Waals surface area contributed by atoms with Gasteiger partial charge in [-0.25, -0.2) is 0 Å². The van der Waals surface area contributed by atoms with Crippen molar-refractivity contribution >= 4 is 43.6 Å². The molecule has 0 aliphatic carbocycles. The average Bonchev–Trinajstić information content (AvgIpc) is 3.65. The second-order valence-corrected chi connectivity index (χ2v) is 12.2. The number of alkyl halides is 6. The van der Waals surface area contributed by atoms with Crippen molar-refractivity contribution in [2.24, 2.45) is 0 Å². The van der Waals surface area contributed by atoms with E-state index in [9.17, 15) is 42.1 Å². The molecule has 0 spiro atoms. The van der Waals surface area contributed by atoms with E-state index >= 15 is 0 Å². The average molecular weight is 696 g/mol. The first-order valence-corrected chi connectivity index (χ1v) is 15.7. The number of nitriles is 3. The van der Waals surface area contributed by atoms with Crippen molar-refractivity contribution in [1.29, 1.82) is 15.8 Å². The fourth-order valence-corrected chi connectivity index (χ4v) is 6.98. The summed E-state index contributed by atoms with van der Waals surface area (Å²) in [5.74, 6) is 0. The standard InChI is InChI=1S/C41H19F6N5/c42-40(43,44)27-15-25(16-28(18-27)41(45,46)47)31-19-39(52-35-8-4-2-6-30(35)33-14-24(21-49)10-12-37(33)52)38(17-26(31)22-50)51-34-7-3-1-5-29(34)32-13-23(20-48)9-11-36(32)51/h1-19H. The van der Waals surface area contributed by atoms with Crippen LogP contribution in [-0.2, 0) is 12.4 Å². The molecule has 0 radical (unpaired) electrons. The highest BCUT2D eigenvalue weighted by Crippen LogP contribution is 2.43. The van der Waals surface area contributed by atoms with Crippen LogP contribution in [-0.4, -0.2) is 9.13 Å². The lowest BCUT2D eigenvalue weighted by molar-refractivity contribution is -0.143. The maximum absolute atomic E-state index is 14.1. The van der Waals surface area contributed by atoms with E-state index in [4.69, 9.17) is 0 Å². The van der Waals surface area contributed by atoms with E-state index in [1.165, 1.54) is 12.1 Å². The highest BCUT2D eigenvalue weighted by Gasteiger charge is 2.37. The molecule has 0 aliphatic heterocycles. The smallest absolute Gasteiger partial charge is 0.307 e. The van der Waals surface area contributed by atoms with Gasteiger partial charge >= 0.3 is 12.4 Å². The first-order valence-electron chi connectivity index (χ1n) is 15.7. The van der Waals surface area contributed by atoms with E-state index in [1.807, 2.05) is 57.7 Å². The van der Waals surface area contributed by atoms with Crippen LogP contribution in [0.3, 0.4) is 0 Å². The molecule has 0 aliphatic rings. The lowest BCUT2D eigenvalue weighted by Crippen LogP contribution is -2.11. The molecule has 5 nitrogen and oxygen atoms in total. The molecule has 0 amide bonds. The first kappa shape index (κ1) is 32.2. The van der Waals surface area contributed by atoms with E-state index in [1.54, 1.807) is 42.5 Å². The summed E-state index contributed by atoms with van der Waals surface area (Å²) in [5, 5.41) is 32.8. The minimum Gasteiger partial charge on any atom is -0.307 e. The summed E-state index contributed by atoms with van der Waals surface area (Å²) in [6, 6.07) is 35.3. The maximum atomic E-state index is 14.1. The van der Waals surface area contributed by atoms with Gasteiger partial charge in [0, 0.05) is 27.1 Å². The van der Waals surface area contributed by atoms with Crippen LogP contribution in [0.2, 0.25) is 0 Å². The van der Waals surface area contributed by atoms with Gasteiger partial charge in [-0.2, -0.15) is 42.1 Å². The minimum atomic E-state index is -5.11. The molecular formula is C41H19F6N5. The molecule has 0 unspecified atom stereocenters. The minimum absolute atomic E-state index is 0.0537. The molecule has 0 fully saturated rings. The highest BCUT2D eigenvalue weighted by atomic mass is 19.4. The number of rotatable bonds is 3. The molecule has 6 aromatic carbocycles. The Kier molecular flexibility index (Phi) is 7.13. The molecule has 0 N–H and O–H groups in total. The maximum Gasteiger partial charge on any atom is 0.416 e. The van der Waals surface area contributed by atoms with E-state index in [-0.39, 0.29) is 17.2 Å². The first-order chi connectivity index (χ1) is 24.9. The number of benzene rings is 6. The summed E-state index contributed by atoms with van der Waals surface area (Å²) in [5.41, 5.74) is 0.297. The van der Waals surface area contributed by atoms with Crippen LogP contribution in [0.1, 0.15) is 27.8 Å². The second kappa shape index (κ2) is 11.5. The van der Waals surface area contributed by atoms with Gasteiger partial charge in [-0.1, -0.05) is 36.4 Å². The third kappa shape index (κ3) is 5.01. The van der Waals surface area contributed by atoms with Gasteiger partial charge in [0.25, 0.3) is 0 Å². The number of para-hydroxylation sites is 2. The van der Waals surface area contributed by atoms with Gasteiger partial charge in [-0.3, -0.25) is 0 Å². The van der Waals surface area contributed by atoms with Gasteiger partial charge in [0.1, 0.15) is 0 Å². The Labute approximate surface area is 290 Å². The third-order valence-corrected chi connectivity index (χ3v) is 9.22. The van der Waals surface area contributed by atoms with Crippen LogP contribution in [0.4, 0.5) is 26.3 Å². The Hall–Kier alpha value is -7.03. The third-order valence-electron chi connectivity index (χ3n) is 9.22. The number of aromatic nitrogens is 2. The van der Waals surface area contributed by atoms with E-state index in [2.05, 4.69) is 12.1 Å². The quantitative estimate of drug-likeness (QED) is 0.173. The van der Waals surface area contributed by atoms with Gasteiger partial charge in [-0.05, 0) is 84.4 Å². The molecule has 0 bridgehead atoms. The lowest BCUT2D eigenvalue weighted by atomic mass is 9.94. The van der Waals surface area contributed by atoms with Gasteiger partial charge < -0.3 is 9.13 Å². The largest absolute Gasteiger partial charge is 0.416 e. The molecule has 2 aromatic heterocycles. The Bertz CT molecular complexity index is 2890. The highest BCUT2D eigenvalue weighted by molar-refractivity contribution is 6.12. The van der Waals surface area contributed by atoms with Gasteiger partial charge in [0.2, 0.25) is 0 Å². The Morgan fingerprint density at radius 2 is 0.885 bits per heavy atom. The number of hydrogen-bond donors (Lipinski definition) is 0. The van der Waals surface area contributed by atoms with Crippen molar-refractivity contribution in [2.75, 3.05) is 0 Å². The second-order valence-electron chi connectivity index (χ2n) is 12.2. The van der Waals surface area contributed by atoms with E-state index in [0.29, 0.717) is 62.1 Å². The predicted molar refractivity (Wildman–Crippen MR) is 185 cm³/mol. The number of halogens is 6. The molecule has 0 saturated carbocycles. The monoisotopic (exact) mass is 695 g/mol. The summed E-state index contributed by atoms with van der Waals surface area (Å²) >= 11 is 0. The van der Waals surface area contributed by atoms with Crippen molar-refractivity contribution in [3.63, 3.8) is 0 Å². The van der Waals surface area contributed by atoms with Crippen LogP contribution in [0, 0.1) is 34.0 Å². The van der Waals surface area contributed by atoms with Crippen molar-refractivity contribution in [1.82, 2.24) is 9.13 Å². The molecule has 0 saturated heterocycles. The number of fused-ring (bicyclic) bond motifs is 6. The summed E-state index contributed by atoms with van der Waals surface area (Å²) in [4.78, 5) is 0. The van der Waals surface area contributed by atoms with Gasteiger partial charge in [0.15, 0.2) is 0 Å². The van der Waals surface area contributed by atoms with Crippen molar-refractivity contribution in [3.05, 3.63) is 143 Å². The lowest BCUT2D eigenvalue weighted by Gasteiger charge is -2.20. The van der Waals surface area contributed by atoms with E-state index in [0.717, 1.165) is 16.2 Å². The van der Waals surface area contributed by atoms with Crippen molar-refractivity contribution in [2.45, 2.75) is 12.4 Å². The number of nitrogens with zero attached hydrogens (tertiary/aromatic N) is 5. The normalized spacial score (nSPS) is 12.0. The molecular weight excluding hydrogens is 676 g/mol. The zero-order valence-electron chi connectivity index (χ0n) is 26.5. The van der Waals surface area contributed by atoms with Crippen LogP contribution in [0.25, 0.3) is 66.1 Å². The molecule has 0 atom stereocenters. The fourth-order valence-electron chi connectivity index (χ4n) is 6.98. The Morgan fingerprint density at radius 1 is 0.442 bits per heavy atom. The van der Waals surface area contributed by atoms with E-state index < -0.39 is 29.0 Å². The summed E-state index contributed by atoms with van der Waals surface area (Å²) in [7, 11) is 0. The summed E-state index contributed by atoms with van der Waals surface area (Å²) < 4.78 is 88.1. The fraction of sp³-hybridized carbons (Fsp3) is 0.0488. The predicted octanol–water partition coefficient (Wildman–Crippen LogP) is 11.2. The Morgan fingerprint density at radius 3 is 1.33 bits per heavy atom. The van der Waals surface area contributed by atoms with Crippen LogP contribution >= 0.6 is 0 Å². The van der Waals surface area contributed by atoms with Crippen molar-refractivity contribution in [3.8, 4) is 40.7 Å². The Balaban J connectivity index is 1.57. The van der Waals surface area contributed by atoms with Crippen LogP contribution < -0.4 is 0 Å². The van der Waals surface area contributed by atoms with Crippen LogP contribution in [0.15, 0.2) is 115 Å². The molecule has 52 heavy (non-hydrogen) atoms. The molecule has 8 rings (SSSR count). The number of hydrogen-bond acceptors (Lipinski definition) is 3. The zero-order chi connectivity index (χ0) is 36.5. The molecule has 8 aromatic rings. The molecule has 11 heteroatoms. The van der Waals surface area contributed by atoms with Crippen LogP contribution in [0.5, 0.6) is 0 Å². The molecule has 250 valence electrons. The van der Waals surface area contributed by atoms with Gasteiger partial charge in [0.05, 0.1) is 79.5 Å². The summed E-state index contributed by atoms with van der Waals surface area (Å²) in [6.07, 6.45) is -10.2. The topological polar surface area (TPSA) is 81.2 Å². The zero-order valence-corrected chi connectivity index (χ0v) is 26.5. The van der Waals surface area contributed by atoms with Crippen molar-refractivity contribution < 1.29 is 26.3 Å². The SMILES string of the molecule is N#Cc1ccc2c(c1)c1ccccc1n2-c1cc(C#N)c(-c2cc(C(F)(F)F)cc(C(F)(F)F)c2)cc1-n1c2ccccc2c2cc(C#N)ccc21.